The van der Waals surface area contributed by atoms with Crippen molar-refractivity contribution in [1.29, 1.82) is 0 Å². The fourth-order valence-electron chi connectivity index (χ4n) is 1.72. The third-order valence-corrected chi connectivity index (χ3v) is 3.07. The molecular weight excluding hydrogens is 168 g/mol. The van der Waals surface area contributed by atoms with E-state index >= 15 is 0 Å². The van der Waals surface area contributed by atoms with E-state index in [1.165, 1.54) is 34.9 Å². The highest BCUT2D eigenvalue weighted by Gasteiger charge is 2.00. The molecule has 0 unspecified atom stereocenters. The number of hydrogen-bond acceptors (Lipinski definition) is 0. The SMILES string of the molecule is Cc1cccc(C)c1CCC[CH2][Mg]. The molecule has 0 saturated carbocycles. The molecule has 0 fully saturated rings. The summed E-state index contributed by atoms with van der Waals surface area (Å²) in [6.45, 7) is 4.44. The molecule has 0 aromatic heterocycles. The molecule has 1 rings (SSSR count). The second kappa shape index (κ2) is 5.66. The van der Waals surface area contributed by atoms with Crippen LogP contribution >= 0.6 is 0 Å². The van der Waals surface area contributed by atoms with Gasteiger partial charge in [0.1, 0.15) is 0 Å². The minimum atomic E-state index is 1.26. The molecule has 0 nitrogen and oxygen atoms in total. The summed E-state index contributed by atoms with van der Waals surface area (Å²) >= 11 is 2.08. The van der Waals surface area contributed by atoms with Crippen LogP contribution in [0.5, 0.6) is 0 Å². The molecule has 1 radical (unpaired) electrons. The Hall–Kier alpha value is -0.0138. The summed E-state index contributed by atoms with van der Waals surface area (Å²) < 4.78 is 1.34. The second-order valence-electron chi connectivity index (χ2n) is 3.68. The number of aryl methyl sites for hydroxylation is 2. The molecule has 0 spiro atoms. The van der Waals surface area contributed by atoms with E-state index in [-0.39, 0.29) is 0 Å². The van der Waals surface area contributed by atoms with Gasteiger partial charge in [0.05, 0.1) is 0 Å². The zero-order valence-electron chi connectivity index (χ0n) is 8.77. The lowest BCUT2D eigenvalue weighted by Gasteiger charge is -2.08. The van der Waals surface area contributed by atoms with Gasteiger partial charge in [-0.3, -0.25) is 0 Å². The molecule has 67 valence electrons. The molecule has 0 bridgehead atoms. The van der Waals surface area contributed by atoms with Crippen LogP contribution < -0.4 is 0 Å². The highest BCUT2D eigenvalue weighted by Crippen LogP contribution is 2.16. The molecule has 0 amide bonds. The van der Waals surface area contributed by atoms with Crippen LogP contribution in [0.2, 0.25) is 4.55 Å². The Bertz CT molecular complexity index is 246. The first-order chi connectivity index (χ1) is 6.25. The minimum absolute atomic E-state index is 1.26. The third kappa shape index (κ3) is 3.32. The maximum atomic E-state index is 2.22. The van der Waals surface area contributed by atoms with Gasteiger partial charge in [-0.1, -0.05) is 31.0 Å². The molecule has 0 heterocycles. The van der Waals surface area contributed by atoms with Crippen molar-refractivity contribution in [2.24, 2.45) is 0 Å². The second-order valence-corrected chi connectivity index (χ2v) is 4.39. The van der Waals surface area contributed by atoms with Crippen LogP contribution in [-0.4, -0.2) is 21.7 Å². The van der Waals surface area contributed by atoms with Crippen molar-refractivity contribution < 1.29 is 0 Å². The minimum Gasteiger partial charge on any atom is -0.177 e. The topological polar surface area (TPSA) is 0 Å². The van der Waals surface area contributed by atoms with Gasteiger partial charge < -0.3 is 0 Å². The van der Waals surface area contributed by atoms with Crippen LogP contribution in [0.4, 0.5) is 0 Å². The molecule has 0 saturated heterocycles. The van der Waals surface area contributed by atoms with Crippen molar-refractivity contribution in [3.05, 3.63) is 34.9 Å². The summed E-state index contributed by atoms with van der Waals surface area (Å²) in [5.74, 6) is 0. The normalized spacial score (nSPS) is 10.2. The van der Waals surface area contributed by atoms with Crippen LogP contribution in [0.3, 0.4) is 0 Å². The maximum Gasteiger partial charge on any atom is 0.222 e. The highest BCUT2D eigenvalue weighted by atomic mass is 24.4. The Balaban J connectivity index is 2.64. The number of rotatable bonds is 4. The number of hydrogen-bond donors (Lipinski definition) is 0. The van der Waals surface area contributed by atoms with Crippen molar-refractivity contribution in [3.8, 4) is 0 Å². The first-order valence-corrected chi connectivity index (χ1v) is 6.10. The average Bonchev–Trinajstić information content (AvgIpc) is 2.10. The van der Waals surface area contributed by atoms with Crippen molar-refractivity contribution in [2.45, 2.75) is 37.7 Å². The van der Waals surface area contributed by atoms with Gasteiger partial charge in [0.25, 0.3) is 0 Å². The first kappa shape index (κ1) is 11.1. The Kier molecular flexibility index (Phi) is 4.82. The number of benzene rings is 1. The Morgan fingerprint density at radius 1 is 1.08 bits per heavy atom. The molecule has 0 N–H and O–H groups in total. The quantitative estimate of drug-likeness (QED) is 0.499. The maximum absolute atomic E-state index is 2.22. The van der Waals surface area contributed by atoms with Gasteiger partial charge in [0.2, 0.25) is 21.7 Å². The summed E-state index contributed by atoms with van der Waals surface area (Å²) in [6, 6.07) is 6.58. The Morgan fingerprint density at radius 3 is 2.23 bits per heavy atom. The Morgan fingerprint density at radius 2 is 1.69 bits per heavy atom. The van der Waals surface area contributed by atoms with Crippen molar-refractivity contribution in [1.82, 2.24) is 0 Å². The van der Waals surface area contributed by atoms with Crippen molar-refractivity contribution in [3.63, 3.8) is 0 Å². The average molecular weight is 186 g/mol. The first-order valence-electron chi connectivity index (χ1n) is 5.10. The highest BCUT2D eigenvalue weighted by molar-refractivity contribution is 6.08. The monoisotopic (exact) mass is 185 g/mol. The molecule has 0 aliphatic heterocycles. The van der Waals surface area contributed by atoms with Crippen LogP contribution in [0.15, 0.2) is 18.2 Å². The summed E-state index contributed by atoms with van der Waals surface area (Å²) in [4.78, 5) is 0. The van der Waals surface area contributed by atoms with Gasteiger partial charge >= 0.3 is 0 Å². The van der Waals surface area contributed by atoms with Gasteiger partial charge in [-0.2, -0.15) is 4.55 Å². The van der Waals surface area contributed by atoms with Crippen LogP contribution in [0, 0.1) is 13.8 Å². The van der Waals surface area contributed by atoms with E-state index in [9.17, 15) is 0 Å². The fourth-order valence-corrected chi connectivity index (χ4v) is 2.08. The van der Waals surface area contributed by atoms with E-state index in [4.69, 9.17) is 0 Å². The van der Waals surface area contributed by atoms with Gasteiger partial charge in [-0.05, 0) is 37.0 Å². The molecule has 0 aliphatic rings. The fraction of sp³-hybridized carbons (Fsp3) is 0.500. The van der Waals surface area contributed by atoms with E-state index in [1.807, 2.05) is 0 Å². The smallest absolute Gasteiger partial charge is 0.177 e. The molecular formula is C12H17Mg. The molecule has 13 heavy (non-hydrogen) atoms. The predicted octanol–water partition coefficient (Wildman–Crippen LogP) is 3.21. The molecule has 1 aromatic rings. The molecule has 1 heteroatoms. The van der Waals surface area contributed by atoms with Crippen molar-refractivity contribution >= 4 is 21.7 Å². The van der Waals surface area contributed by atoms with Crippen LogP contribution in [0.1, 0.15) is 29.5 Å². The van der Waals surface area contributed by atoms with E-state index in [0.717, 1.165) is 0 Å². The van der Waals surface area contributed by atoms with Crippen LogP contribution in [-0.2, 0) is 6.42 Å². The van der Waals surface area contributed by atoms with Gasteiger partial charge in [0, 0.05) is 0 Å². The van der Waals surface area contributed by atoms with Gasteiger partial charge in [-0.15, -0.1) is 0 Å². The lowest BCUT2D eigenvalue weighted by molar-refractivity contribution is 0.786. The number of unbranched alkanes of at least 4 members (excludes halogenated alkanes) is 1. The van der Waals surface area contributed by atoms with E-state index in [1.54, 1.807) is 5.56 Å². The lowest BCUT2D eigenvalue weighted by Crippen LogP contribution is -1.93. The van der Waals surface area contributed by atoms with Gasteiger partial charge in [-0.25, -0.2) is 0 Å². The summed E-state index contributed by atoms with van der Waals surface area (Å²) in [5, 5.41) is 0. The van der Waals surface area contributed by atoms with Gasteiger partial charge in [0.15, 0.2) is 0 Å². The van der Waals surface area contributed by atoms with E-state index in [2.05, 4.69) is 53.8 Å². The van der Waals surface area contributed by atoms with Crippen LogP contribution in [0.25, 0.3) is 0 Å². The Labute approximate surface area is 94.2 Å². The summed E-state index contributed by atoms with van der Waals surface area (Å²) in [7, 11) is 0. The third-order valence-electron chi connectivity index (χ3n) is 2.57. The zero-order chi connectivity index (χ0) is 9.68. The molecule has 0 aliphatic carbocycles. The van der Waals surface area contributed by atoms with Crippen molar-refractivity contribution in [2.75, 3.05) is 0 Å². The zero-order valence-corrected chi connectivity index (χ0v) is 10.2. The van der Waals surface area contributed by atoms with E-state index in [0.29, 0.717) is 0 Å². The molecule has 1 aromatic carbocycles. The van der Waals surface area contributed by atoms with E-state index < -0.39 is 0 Å². The lowest BCUT2D eigenvalue weighted by atomic mass is 9.98. The summed E-state index contributed by atoms with van der Waals surface area (Å²) in [6.07, 6.45) is 3.97. The summed E-state index contributed by atoms with van der Waals surface area (Å²) in [5.41, 5.74) is 4.48. The largest absolute Gasteiger partial charge is 0.222 e. The molecule has 0 atom stereocenters. The standard InChI is InChI=1S/C12H17.Mg/c1-4-5-9-12-10(2)7-6-8-11(12)3;/h6-8H,1,4-5,9H2,2-3H3;. The predicted molar refractivity (Wildman–Crippen MR) is 59.4 cm³/mol.